The van der Waals surface area contributed by atoms with Gasteiger partial charge in [-0.15, -0.1) is 13.2 Å². The van der Waals surface area contributed by atoms with Crippen molar-refractivity contribution >= 4 is 11.0 Å². The monoisotopic (exact) mass is 394 g/mol. The van der Waals surface area contributed by atoms with Gasteiger partial charge in [-0.3, -0.25) is 4.79 Å². The Morgan fingerprint density at radius 1 is 1.25 bits per heavy atom. The number of aromatic amines is 1. The van der Waals surface area contributed by atoms with E-state index in [0.29, 0.717) is 24.2 Å². The van der Waals surface area contributed by atoms with Crippen molar-refractivity contribution in [2.45, 2.75) is 31.7 Å². The van der Waals surface area contributed by atoms with Gasteiger partial charge in [-0.25, -0.2) is 9.67 Å². The third kappa shape index (κ3) is 3.86. The number of aromatic nitrogens is 4. The van der Waals surface area contributed by atoms with Crippen LogP contribution in [0, 0.1) is 0 Å². The zero-order valence-corrected chi connectivity index (χ0v) is 14.7. The highest BCUT2D eigenvalue weighted by Gasteiger charge is 2.32. The van der Waals surface area contributed by atoms with E-state index in [-0.39, 0.29) is 35.2 Å². The van der Waals surface area contributed by atoms with E-state index >= 15 is 0 Å². The van der Waals surface area contributed by atoms with Crippen LogP contribution in [0.1, 0.15) is 30.3 Å². The van der Waals surface area contributed by atoms with Crippen LogP contribution < -0.4 is 10.3 Å². The van der Waals surface area contributed by atoms with E-state index in [4.69, 9.17) is 4.74 Å². The molecule has 0 amide bonds. The summed E-state index contributed by atoms with van der Waals surface area (Å²) < 4.78 is 49.0. The maximum absolute atomic E-state index is 12.6. The Morgan fingerprint density at radius 2 is 2.00 bits per heavy atom. The van der Waals surface area contributed by atoms with Crippen LogP contribution in [-0.4, -0.2) is 39.3 Å². The van der Waals surface area contributed by atoms with Crippen molar-refractivity contribution in [3.63, 3.8) is 0 Å². The van der Waals surface area contributed by atoms with Crippen LogP contribution in [0.15, 0.2) is 35.3 Å². The zero-order chi connectivity index (χ0) is 19.7. The third-order valence-corrected chi connectivity index (χ3v) is 4.61. The molecule has 0 saturated carbocycles. The Morgan fingerprint density at radius 3 is 2.75 bits per heavy atom. The molecule has 1 aromatic carbocycles. The van der Waals surface area contributed by atoms with Crippen molar-refractivity contribution in [3.8, 4) is 5.75 Å². The SMILES string of the molecule is O=c1[nH]c(Cc2ccccc2OC(F)(F)F)nc2c1cnn2C1CCOCC1. The first-order valence-electron chi connectivity index (χ1n) is 8.78. The van der Waals surface area contributed by atoms with Crippen LogP contribution in [0.3, 0.4) is 0 Å². The number of hydrogen-bond donors (Lipinski definition) is 1. The van der Waals surface area contributed by atoms with Crippen LogP contribution in [-0.2, 0) is 11.2 Å². The van der Waals surface area contributed by atoms with Gasteiger partial charge >= 0.3 is 6.36 Å². The number of alkyl halides is 3. The fourth-order valence-corrected chi connectivity index (χ4v) is 3.32. The molecule has 28 heavy (non-hydrogen) atoms. The van der Waals surface area contributed by atoms with Crippen molar-refractivity contribution in [3.05, 3.63) is 52.2 Å². The molecule has 0 unspecified atom stereocenters. The highest BCUT2D eigenvalue weighted by atomic mass is 19.4. The minimum absolute atomic E-state index is 0.0175. The fourth-order valence-electron chi connectivity index (χ4n) is 3.32. The quantitative estimate of drug-likeness (QED) is 0.736. The summed E-state index contributed by atoms with van der Waals surface area (Å²) in [6.45, 7) is 1.20. The summed E-state index contributed by atoms with van der Waals surface area (Å²) in [6.07, 6.45) is -1.86. The first kappa shape index (κ1) is 18.5. The Bertz CT molecular complexity index is 1040. The molecule has 2 aromatic heterocycles. The molecule has 0 spiro atoms. The lowest BCUT2D eigenvalue weighted by molar-refractivity contribution is -0.274. The lowest BCUT2D eigenvalue weighted by Crippen LogP contribution is -2.22. The number of halogens is 3. The van der Waals surface area contributed by atoms with Gasteiger partial charge in [0.2, 0.25) is 0 Å². The highest BCUT2D eigenvalue weighted by molar-refractivity contribution is 5.73. The molecule has 1 aliphatic rings. The second-order valence-electron chi connectivity index (χ2n) is 6.51. The fraction of sp³-hybridized carbons (Fsp3) is 0.389. The van der Waals surface area contributed by atoms with Gasteiger partial charge in [-0.1, -0.05) is 18.2 Å². The van der Waals surface area contributed by atoms with Crippen molar-refractivity contribution in [1.82, 2.24) is 19.7 Å². The van der Waals surface area contributed by atoms with Gasteiger partial charge in [-0.05, 0) is 18.9 Å². The molecule has 1 aliphatic heterocycles. The lowest BCUT2D eigenvalue weighted by Gasteiger charge is -2.22. The number of hydrogen-bond acceptors (Lipinski definition) is 5. The Balaban J connectivity index is 1.69. The van der Waals surface area contributed by atoms with Crippen molar-refractivity contribution in [2.75, 3.05) is 13.2 Å². The zero-order valence-electron chi connectivity index (χ0n) is 14.7. The molecule has 4 rings (SSSR count). The van der Waals surface area contributed by atoms with Gasteiger partial charge in [0, 0.05) is 25.2 Å². The molecule has 3 aromatic rings. The van der Waals surface area contributed by atoms with Crippen molar-refractivity contribution in [2.24, 2.45) is 0 Å². The van der Waals surface area contributed by atoms with Gasteiger partial charge in [0.15, 0.2) is 5.65 Å². The van der Waals surface area contributed by atoms with Crippen LogP contribution in [0.25, 0.3) is 11.0 Å². The Labute approximate surface area is 157 Å². The highest BCUT2D eigenvalue weighted by Crippen LogP contribution is 2.28. The number of nitrogens with zero attached hydrogens (tertiary/aromatic N) is 3. The normalized spacial score (nSPS) is 15.8. The van der Waals surface area contributed by atoms with E-state index in [0.717, 1.165) is 12.8 Å². The molecule has 1 N–H and O–H groups in total. The molecule has 0 aliphatic carbocycles. The Hall–Kier alpha value is -2.88. The molecule has 148 valence electrons. The molecule has 10 heteroatoms. The predicted molar refractivity (Wildman–Crippen MR) is 93.2 cm³/mol. The van der Waals surface area contributed by atoms with E-state index in [1.165, 1.54) is 24.4 Å². The maximum atomic E-state index is 12.6. The summed E-state index contributed by atoms with van der Waals surface area (Å²) in [6, 6.07) is 5.84. The van der Waals surface area contributed by atoms with E-state index < -0.39 is 6.36 Å². The van der Waals surface area contributed by atoms with Crippen LogP contribution >= 0.6 is 0 Å². The average molecular weight is 394 g/mol. The molecule has 7 nitrogen and oxygen atoms in total. The van der Waals surface area contributed by atoms with Crippen molar-refractivity contribution < 1.29 is 22.6 Å². The minimum atomic E-state index is -4.80. The number of H-pyrrole nitrogens is 1. The van der Waals surface area contributed by atoms with E-state index in [1.54, 1.807) is 10.7 Å². The second-order valence-corrected chi connectivity index (χ2v) is 6.51. The van der Waals surface area contributed by atoms with Crippen molar-refractivity contribution in [1.29, 1.82) is 0 Å². The summed E-state index contributed by atoms with van der Waals surface area (Å²) in [5.41, 5.74) is 0.298. The number of fused-ring (bicyclic) bond motifs is 1. The largest absolute Gasteiger partial charge is 0.573 e. The van der Waals surface area contributed by atoms with Gasteiger partial charge in [0.25, 0.3) is 5.56 Å². The lowest BCUT2D eigenvalue weighted by atomic mass is 10.1. The first-order valence-corrected chi connectivity index (χ1v) is 8.78. The molecule has 1 saturated heterocycles. The summed E-state index contributed by atoms with van der Waals surface area (Å²) in [5.74, 6) is -0.0831. The molecule has 3 heterocycles. The number of rotatable bonds is 4. The minimum Gasteiger partial charge on any atom is -0.405 e. The summed E-state index contributed by atoms with van der Waals surface area (Å²) >= 11 is 0. The molecular weight excluding hydrogens is 377 g/mol. The number of nitrogens with one attached hydrogen (secondary N) is 1. The maximum Gasteiger partial charge on any atom is 0.573 e. The van der Waals surface area contributed by atoms with Gasteiger partial charge < -0.3 is 14.5 Å². The molecule has 1 fully saturated rings. The van der Waals surface area contributed by atoms with E-state index in [1.807, 2.05) is 0 Å². The van der Waals surface area contributed by atoms with Crippen LogP contribution in [0.5, 0.6) is 5.75 Å². The summed E-state index contributed by atoms with van der Waals surface area (Å²) in [7, 11) is 0. The van der Waals surface area contributed by atoms with Crippen LogP contribution in [0.2, 0.25) is 0 Å². The van der Waals surface area contributed by atoms with Gasteiger partial charge in [0.1, 0.15) is 17.0 Å². The van der Waals surface area contributed by atoms with Gasteiger partial charge in [0.05, 0.1) is 12.2 Å². The first-order chi connectivity index (χ1) is 13.4. The number of ether oxygens (including phenoxy) is 2. The number of benzene rings is 1. The molecule has 0 bridgehead atoms. The van der Waals surface area contributed by atoms with Gasteiger partial charge in [-0.2, -0.15) is 5.10 Å². The Kier molecular flexibility index (Phi) is 4.80. The summed E-state index contributed by atoms with van der Waals surface area (Å²) in [5, 5.41) is 4.64. The molecule has 0 radical (unpaired) electrons. The van der Waals surface area contributed by atoms with E-state index in [2.05, 4.69) is 19.8 Å². The average Bonchev–Trinajstić information content (AvgIpc) is 3.07. The summed E-state index contributed by atoms with van der Waals surface area (Å²) in [4.78, 5) is 19.5. The van der Waals surface area contributed by atoms with Crippen LogP contribution in [0.4, 0.5) is 13.2 Å². The third-order valence-electron chi connectivity index (χ3n) is 4.61. The predicted octanol–water partition coefficient (Wildman–Crippen LogP) is 2.96. The standard InChI is InChI=1S/C18H17F3N4O3/c19-18(20,21)28-14-4-2-1-3-11(14)9-15-23-16-13(17(26)24-15)10-22-25(16)12-5-7-27-8-6-12/h1-4,10,12H,5-9H2,(H,23,24,26). The molecular formula is C18H17F3N4O3. The molecule has 0 atom stereocenters. The second kappa shape index (κ2) is 7.27. The number of para-hydroxylation sites is 1. The topological polar surface area (TPSA) is 82.0 Å². The van der Waals surface area contributed by atoms with E-state index in [9.17, 15) is 18.0 Å². The smallest absolute Gasteiger partial charge is 0.405 e.